The molecular formula is C18H22N2O. The molecule has 2 aromatic rings. The van der Waals surface area contributed by atoms with E-state index in [0.717, 1.165) is 12.8 Å². The van der Waals surface area contributed by atoms with Crippen LogP contribution in [-0.4, -0.2) is 20.8 Å². The maximum absolute atomic E-state index is 10.9. The Bertz CT molecular complexity index is 673. The Labute approximate surface area is 125 Å². The predicted molar refractivity (Wildman–Crippen MR) is 82.9 cm³/mol. The van der Waals surface area contributed by atoms with Crippen LogP contribution in [0.1, 0.15) is 44.7 Å². The molecule has 0 saturated heterocycles. The molecule has 2 heterocycles. The second-order valence-electron chi connectivity index (χ2n) is 7.21. The molecule has 3 nitrogen and oxygen atoms in total. The number of aromatic nitrogens is 2. The van der Waals surface area contributed by atoms with Gasteiger partial charge in [0, 0.05) is 11.5 Å². The Hall–Kier alpha value is -1.61. The molecule has 1 aliphatic heterocycles. The topological polar surface area (TPSA) is 38.0 Å². The maximum atomic E-state index is 10.9. The van der Waals surface area contributed by atoms with E-state index < -0.39 is 0 Å². The summed E-state index contributed by atoms with van der Waals surface area (Å²) in [5.41, 5.74) is 3.81. The van der Waals surface area contributed by atoms with Crippen LogP contribution in [-0.2, 0) is 0 Å². The first-order valence-corrected chi connectivity index (χ1v) is 7.89. The lowest BCUT2D eigenvalue weighted by molar-refractivity contribution is -0.0443. The molecule has 4 rings (SSSR count). The summed E-state index contributed by atoms with van der Waals surface area (Å²) in [5.74, 6) is 0.269. The van der Waals surface area contributed by atoms with Crippen molar-refractivity contribution in [1.82, 2.24) is 9.55 Å². The summed E-state index contributed by atoms with van der Waals surface area (Å²) in [6.07, 6.45) is 6.99. The summed E-state index contributed by atoms with van der Waals surface area (Å²) >= 11 is 0. The fourth-order valence-electron chi connectivity index (χ4n) is 4.32. The zero-order valence-corrected chi connectivity index (χ0v) is 12.7. The number of fused-ring (bicyclic) bond motifs is 3. The number of aliphatic hydroxyl groups is 1. The van der Waals surface area contributed by atoms with Crippen molar-refractivity contribution >= 4 is 0 Å². The van der Waals surface area contributed by atoms with Gasteiger partial charge in [-0.25, -0.2) is 4.98 Å². The van der Waals surface area contributed by atoms with Gasteiger partial charge in [-0.15, -0.1) is 0 Å². The van der Waals surface area contributed by atoms with Gasteiger partial charge in [0.15, 0.2) is 0 Å². The summed E-state index contributed by atoms with van der Waals surface area (Å²) in [5, 5.41) is 10.9. The fraction of sp³-hybridized carbons (Fsp3) is 0.500. The molecule has 0 bridgehead atoms. The Morgan fingerprint density at radius 1 is 1.29 bits per heavy atom. The highest BCUT2D eigenvalue weighted by atomic mass is 16.3. The van der Waals surface area contributed by atoms with E-state index in [2.05, 4.69) is 47.7 Å². The molecule has 1 saturated carbocycles. The molecule has 21 heavy (non-hydrogen) atoms. The van der Waals surface area contributed by atoms with Crippen molar-refractivity contribution in [2.45, 2.75) is 45.3 Å². The smallest absolute Gasteiger partial charge is 0.0956 e. The highest BCUT2D eigenvalue weighted by molar-refractivity contribution is 5.69. The van der Waals surface area contributed by atoms with Gasteiger partial charge in [0.1, 0.15) is 0 Å². The first-order chi connectivity index (χ1) is 10.1. The number of hydrogen-bond acceptors (Lipinski definition) is 2. The van der Waals surface area contributed by atoms with Gasteiger partial charge in [-0.05, 0) is 23.8 Å². The van der Waals surface area contributed by atoms with Crippen molar-refractivity contribution in [2.24, 2.45) is 11.3 Å². The summed E-state index contributed by atoms with van der Waals surface area (Å²) in [6.45, 7) is 4.39. The average molecular weight is 282 g/mol. The van der Waals surface area contributed by atoms with Crippen molar-refractivity contribution in [2.75, 3.05) is 0 Å². The Balaban J connectivity index is 1.82. The van der Waals surface area contributed by atoms with E-state index in [1.807, 2.05) is 12.5 Å². The third-order valence-electron chi connectivity index (χ3n) is 5.49. The minimum atomic E-state index is -0.266. The molecule has 1 N–H and O–H groups in total. The largest absolute Gasteiger partial charge is 0.392 e. The van der Waals surface area contributed by atoms with Crippen molar-refractivity contribution in [3.05, 3.63) is 42.4 Å². The van der Waals surface area contributed by atoms with E-state index in [1.54, 1.807) is 0 Å². The van der Waals surface area contributed by atoms with Crippen molar-refractivity contribution in [3.8, 4) is 11.3 Å². The number of nitrogens with zero attached hydrogens (tertiary/aromatic N) is 2. The second-order valence-corrected chi connectivity index (χ2v) is 7.21. The molecule has 3 heteroatoms. The normalized spacial score (nSPS) is 30.0. The SMILES string of the molecule is CC1(C)CCC[C@H]([C@H]2c3ccccc3-c3cncn32)[C@H]1O. The van der Waals surface area contributed by atoms with Crippen LogP contribution in [0.5, 0.6) is 0 Å². The molecule has 110 valence electrons. The van der Waals surface area contributed by atoms with E-state index in [4.69, 9.17) is 0 Å². The van der Waals surface area contributed by atoms with E-state index in [9.17, 15) is 5.11 Å². The monoisotopic (exact) mass is 282 g/mol. The second kappa shape index (κ2) is 4.44. The van der Waals surface area contributed by atoms with Gasteiger partial charge < -0.3 is 9.67 Å². The molecule has 1 aliphatic carbocycles. The van der Waals surface area contributed by atoms with Gasteiger partial charge in [0.2, 0.25) is 0 Å². The number of aliphatic hydroxyl groups excluding tert-OH is 1. The van der Waals surface area contributed by atoms with E-state index in [0.29, 0.717) is 0 Å². The van der Waals surface area contributed by atoms with Crippen LogP contribution in [0, 0.1) is 11.3 Å². The molecule has 0 unspecified atom stereocenters. The Morgan fingerprint density at radius 3 is 2.95 bits per heavy atom. The minimum absolute atomic E-state index is 0.00119. The minimum Gasteiger partial charge on any atom is -0.392 e. The molecule has 3 atom stereocenters. The molecule has 2 aliphatic rings. The predicted octanol–water partition coefficient (Wildman–Crippen LogP) is 3.64. The van der Waals surface area contributed by atoms with Gasteiger partial charge >= 0.3 is 0 Å². The standard InChI is InChI=1S/C18H22N2O/c1-18(2)9-5-8-14(17(18)21)16-13-7-4-3-6-12(13)15-10-19-11-20(15)16/h3-4,6-7,10-11,14,16-17,21H,5,8-9H2,1-2H3/t14-,16-,17-/m1/s1. The molecule has 1 aromatic carbocycles. The highest BCUT2D eigenvalue weighted by Gasteiger charge is 2.45. The molecule has 1 aromatic heterocycles. The van der Waals surface area contributed by atoms with Crippen LogP contribution in [0.15, 0.2) is 36.8 Å². The summed E-state index contributed by atoms with van der Waals surface area (Å²) in [4.78, 5) is 4.33. The molecular weight excluding hydrogens is 260 g/mol. The first kappa shape index (κ1) is 13.1. The zero-order chi connectivity index (χ0) is 14.6. The van der Waals surface area contributed by atoms with Gasteiger partial charge in [-0.2, -0.15) is 0 Å². The number of imidazole rings is 1. The van der Waals surface area contributed by atoms with E-state index in [-0.39, 0.29) is 23.5 Å². The van der Waals surface area contributed by atoms with Gasteiger partial charge in [-0.1, -0.05) is 44.5 Å². The van der Waals surface area contributed by atoms with Crippen molar-refractivity contribution in [3.63, 3.8) is 0 Å². The van der Waals surface area contributed by atoms with Gasteiger partial charge in [-0.3, -0.25) is 0 Å². The van der Waals surface area contributed by atoms with E-state index >= 15 is 0 Å². The Morgan fingerprint density at radius 2 is 2.10 bits per heavy atom. The zero-order valence-electron chi connectivity index (χ0n) is 12.7. The third kappa shape index (κ3) is 1.80. The molecule has 0 amide bonds. The summed E-state index contributed by atoms with van der Waals surface area (Å²) in [7, 11) is 0. The lowest BCUT2D eigenvalue weighted by Gasteiger charge is -2.43. The number of rotatable bonds is 1. The number of hydrogen-bond donors (Lipinski definition) is 1. The van der Waals surface area contributed by atoms with Crippen LogP contribution in [0.25, 0.3) is 11.3 Å². The van der Waals surface area contributed by atoms with Crippen LogP contribution >= 0.6 is 0 Å². The maximum Gasteiger partial charge on any atom is 0.0956 e. The van der Waals surface area contributed by atoms with Gasteiger partial charge in [0.05, 0.1) is 30.4 Å². The van der Waals surface area contributed by atoms with Crippen molar-refractivity contribution < 1.29 is 5.11 Å². The van der Waals surface area contributed by atoms with Crippen LogP contribution in [0.4, 0.5) is 0 Å². The molecule has 1 fully saturated rings. The van der Waals surface area contributed by atoms with Crippen LogP contribution in [0.3, 0.4) is 0 Å². The molecule has 0 radical (unpaired) electrons. The molecule has 0 spiro atoms. The highest BCUT2D eigenvalue weighted by Crippen LogP contribution is 2.50. The van der Waals surface area contributed by atoms with E-state index in [1.165, 1.54) is 23.2 Å². The first-order valence-electron chi connectivity index (χ1n) is 7.89. The lowest BCUT2D eigenvalue weighted by Crippen LogP contribution is -2.43. The van der Waals surface area contributed by atoms with Crippen molar-refractivity contribution in [1.29, 1.82) is 0 Å². The fourth-order valence-corrected chi connectivity index (χ4v) is 4.32. The third-order valence-corrected chi connectivity index (χ3v) is 5.49. The lowest BCUT2D eigenvalue weighted by atomic mass is 9.66. The summed E-state index contributed by atoms with van der Waals surface area (Å²) in [6, 6.07) is 8.80. The number of benzene rings is 1. The van der Waals surface area contributed by atoms with Crippen LogP contribution in [0.2, 0.25) is 0 Å². The Kier molecular flexibility index (Phi) is 2.77. The summed E-state index contributed by atoms with van der Waals surface area (Å²) < 4.78 is 2.26. The van der Waals surface area contributed by atoms with Crippen LogP contribution < -0.4 is 0 Å². The van der Waals surface area contributed by atoms with Gasteiger partial charge in [0.25, 0.3) is 0 Å². The average Bonchev–Trinajstić information content (AvgIpc) is 3.03. The quantitative estimate of drug-likeness (QED) is 0.867.